The fraction of sp³-hybridized carbons (Fsp3) is 0. The first-order valence-corrected chi connectivity index (χ1v) is 6.42. The molecule has 3 heterocycles. The van der Waals surface area contributed by atoms with Gasteiger partial charge in [-0.25, -0.2) is 0 Å². The number of nitrogens with zero attached hydrogens (tertiary/aromatic N) is 2. The molecule has 0 amide bonds. The van der Waals surface area contributed by atoms with E-state index in [2.05, 4.69) is 4.98 Å². The highest BCUT2D eigenvalue weighted by Crippen LogP contribution is 2.23. The highest BCUT2D eigenvalue weighted by molar-refractivity contribution is 5.83. The molecule has 0 spiro atoms. The Morgan fingerprint density at radius 1 is 1.14 bits per heavy atom. The fourth-order valence-electron chi connectivity index (χ4n) is 2.38. The molecule has 1 N–H and O–H groups in total. The molecule has 3 aromatic heterocycles. The highest BCUT2D eigenvalue weighted by Gasteiger charge is 2.09. The van der Waals surface area contributed by atoms with Crippen molar-refractivity contribution in [2.24, 2.45) is 0 Å². The molecule has 0 atom stereocenters. The van der Waals surface area contributed by atoms with Gasteiger partial charge in [0.2, 0.25) is 0 Å². The summed E-state index contributed by atoms with van der Waals surface area (Å²) in [5.41, 5.74) is 1.58. The SMILES string of the molecule is O=c1cc(-c2cc3ccn(O)c3cn2)oc2ccccc12. The second-order valence-corrected chi connectivity index (χ2v) is 4.76. The van der Waals surface area contributed by atoms with Crippen molar-refractivity contribution in [3.63, 3.8) is 0 Å². The Kier molecular flexibility index (Phi) is 2.35. The minimum absolute atomic E-state index is 0.103. The zero-order chi connectivity index (χ0) is 14.4. The first-order chi connectivity index (χ1) is 10.2. The summed E-state index contributed by atoms with van der Waals surface area (Å²) in [5.74, 6) is 0.409. The molecule has 0 radical (unpaired) electrons. The van der Waals surface area contributed by atoms with Gasteiger partial charge in [0.15, 0.2) is 11.2 Å². The van der Waals surface area contributed by atoms with Crippen molar-refractivity contribution in [1.29, 1.82) is 0 Å². The molecule has 21 heavy (non-hydrogen) atoms. The molecule has 1 aromatic carbocycles. The summed E-state index contributed by atoms with van der Waals surface area (Å²) in [6.07, 6.45) is 3.08. The molecule has 0 bridgehead atoms. The summed E-state index contributed by atoms with van der Waals surface area (Å²) in [5, 5.41) is 10.9. The van der Waals surface area contributed by atoms with Gasteiger partial charge in [0.25, 0.3) is 0 Å². The van der Waals surface area contributed by atoms with Crippen LogP contribution in [0.1, 0.15) is 0 Å². The van der Waals surface area contributed by atoms with Crippen LogP contribution in [0.2, 0.25) is 0 Å². The van der Waals surface area contributed by atoms with E-state index < -0.39 is 0 Å². The van der Waals surface area contributed by atoms with Crippen molar-refractivity contribution in [2.75, 3.05) is 0 Å². The topological polar surface area (TPSA) is 68.3 Å². The molecule has 5 nitrogen and oxygen atoms in total. The van der Waals surface area contributed by atoms with Crippen LogP contribution in [-0.2, 0) is 0 Å². The maximum absolute atomic E-state index is 12.1. The molecule has 0 fully saturated rings. The largest absolute Gasteiger partial charge is 0.454 e. The van der Waals surface area contributed by atoms with Crippen molar-refractivity contribution in [2.45, 2.75) is 0 Å². The van der Waals surface area contributed by atoms with E-state index in [1.165, 1.54) is 12.3 Å². The Labute approximate surface area is 118 Å². The number of hydrogen-bond donors (Lipinski definition) is 1. The van der Waals surface area contributed by atoms with Gasteiger partial charge in [-0.3, -0.25) is 9.78 Å². The summed E-state index contributed by atoms with van der Waals surface area (Å²) in [6.45, 7) is 0. The summed E-state index contributed by atoms with van der Waals surface area (Å²) >= 11 is 0. The van der Waals surface area contributed by atoms with Gasteiger partial charge in [-0.1, -0.05) is 12.1 Å². The monoisotopic (exact) mass is 278 g/mol. The van der Waals surface area contributed by atoms with E-state index in [1.807, 2.05) is 6.07 Å². The first kappa shape index (κ1) is 11.7. The van der Waals surface area contributed by atoms with Crippen LogP contribution in [0.5, 0.6) is 0 Å². The molecule has 0 aliphatic rings. The quantitative estimate of drug-likeness (QED) is 0.543. The van der Waals surface area contributed by atoms with Crippen molar-refractivity contribution in [3.05, 3.63) is 65.1 Å². The molecule has 0 saturated heterocycles. The lowest BCUT2D eigenvalue weighted by Crippen LogP contribution is -2.00. The number of hydrogen-bond acceptors (Lipinski definition) is 4. The van der Waals surface area contributed by atoms with Crippen molar-refractivity contribution >= 4 is 21.9 Å². The Balaban J connectivity index is 1.97. The first-order valence-electron chi connectivity index (χ1n) is 6.42. The minimum Gasteiger partial charge on any atom is -0.454 e. The minimum atomic E-state index is -0.103. The molecule has 0 saturated carbocycles. The average Bonchev–Trinajstić information content (AvgIpc) is 2.88. The number of aromatic nitrogens is 2. The molecule has 4 aromatic rings. The number of para-hydroxylation sites is 1. The van der Waals surface area contributed by atoms with E-state index in [1.54, 1.807) is 36.5 Å². The summed E-state index contributed by atoms with van der Waals surface area (Å²) in [7, 11) is 0. The Morgan fingerprint density at radius 3 is 2.90 bits per heavy atom. The summed E-state index contributed by atoms with van der Waals surface area (Å²) in [4.78, 5) is 16.4. The zero-order valence-corrected chi connectivity index (χ0v) is 10.9. The zero-order valence-electron chi connectivity index (χ0n) is 10.9. The van der Waals surface area contributed by atoms with Crippen LogP contribution in [0.4, 0.5) is 0 Å². The third kappa shape index (κ3) is 1.79. The molecular weight excluding hydrogens is 268 g/mol. The lowest BCUT2D eigenvalue weighted by molar-refractivity contribution is 0.200. The molecule has 4 rings (SSSR count). The van der Waals surface area contributed by atoms with Crippen molar-refractivity contribution in [3.8, 4) is 11.5 Å². The van der Waals surface area contributed by atoms with Gasteiger partial charge in [-0.2, -0.15) is 4.73 Å². The standard InChI is InChI=1S/C16H10N2O3/c19-14-8-16(21-15-4-2-1-3-11(14)15)12-7-10-5-6-18(20)13(10)9-17-12/h1-9,20H. The van der Waals surface area contributed by atoms with Gasteiger partial charge < -0.3 is 9.62 Å². The molecule has 0 unspecified atom stereocenters. The van der Waals surface area contributed by atoms with E-state index in [-0.39, 0.29) is 5.43 Å². The van der Waals surface area contributed by atoms with Gasteiger partial charge in [0, 0.05) is 17.6 Å². The maximum atomic E-state index is 12.1. The predicted octanol–water partition coefficient (Wildman–Crippen LogP) is 3.05. The molecule has 0 aliphatic carbocycles. The van der Waals surface area contributed by atoms with Gasteiger partial charge >= 0.3 is 0 Å². The van der Waals surface area contributed by atoms with Crippen LogP contribution in [-0.4, -0.2) is 14.9 Å². The second-order valence-electron chi connectivity index (χ2n) is 4.76. The number of fused-ring (bicyclic) bond motifs is 2. The van der Waals surface area contributed by atoms with E-state index in [9.17, 15) is 10.0 Å². The average molecular weight is 278 g/mol. The summed E-state index contributed by atoms with van der Waals surface area (Å²) < 4.78 is 6.76. The Morgan fingerprint density at radius 2 is 2.00 bits per heavy atom. The molecular formula is C16H10N2O3. The molecule has 0 aliphatic heterocycles. The van der Waals surface area contributed by atoms with Gasteiger partial charge in [-0.05, 0) is 24.3 Å². The smallest absolute Gasteiger partial charge is 0.193 e. The number of benzene rings is 1. The van der Waals surface area contributed by atoms with Gasteiger partial charge in [-0.15, -0.1) is 0 Å². The fourth-order valence-corrected chi connectivity index (χ4v) is 2.38. The Hall–Kier alpha value is -3.08. The number of pyridine rings is 1. The van der Waals surface area contributed by atoms with E-state index in [4.69, 9.17) is 4.42 Å². The number of rotatable bonds is 1. The van der Waals surface area contributed by atoms with E-state index in [0.717, 1.165) is 10.1 Å². The lowest BCUT2D eigenvalue weighted by Gasteiger charge is -2.03. The van der Waals surface area contributed by atoms with Crippen LogP contribution < -0.4 is 5.43 Å². The van der Waals surface area contributed by atoms with Crippen LogP contribution in [0.15, 0.2) is 64.1 Å². The third-order valence-electron chi connectivity index (χ3n) is 3.44. The summed E-state index contributed by atoms with van der Waals surface area (Å²) in [6, 6.07) is 12.1. The van der Waals surface area contributed by atoms with Gasteiger partial charge in [0.05, 0.1) is 11.6 Å². The predicted molar refractivity (Wildman–Crippen MR) is 78.4 cm³/mol. The Bertz CT molecular complexity index is 1030. The van der Waals surface area contributed by atoms with Crippen molar-refractivity contribution < 1.29 is 9.62 Å². The van der Waals surface area contributed by atoms with Crippen LogP contribution in [0.3, 0.4) is 0 Å². The normalized spacial score (nSPS) is 11.2. The highest BCUT2D eigenvalue weighted by atomic mass is 16.5. The lowest BCUT2D eigenvalue weighted by atomic mass is 10.2. The van der Waals surface area contributed by atoms with Crippen LogP contribution in [0.25, 0.3) is 33.3 Å². The molecule has 5 heteroatoms. The maximum Gasteiger partial charge on any atom is 0.193 e. The third-order valence-corrected chi connectivity index (χ3v) is 3.44. The van der Waals surface area contributed by atoms with E-state index >= 15 is 0 Å². The van der Waals surface area contributed by atoms with Gasteiger partial charge in [0.1, 0.15) is 16.8 Å². The molecule has 102 valence electrons. The van der Waals surface area contributed by atoms with Crippen molar-refractivity contribution in [1.82, 2.24) is 9.71 Å². The van der Waals surface area contributed by atoms with E-state index in [0.29, 0.717) is 27.9 Å². The van der Waals surface area contributed by atoms with Crippen LogP contribution in [0, 0.1) is 0 Å². The van der Waals surface area contributed by atoms with Crippen LogP contribution >= 0.6 is 0 Å². The second kappa shape index (κ2) is 4.21.